The Kier molecular flexibility index (Phi) is 4.47. The molecule has 0 unspecified atom stereocenters. The molecule has 0 aliphatic heterocycles. The van der Waals surface area contributed by atoms with E-state index in [9.17, 15) is 4.79 Å². The van der Waals surface area contributed by atoms with E-state index in [0.717, 1.165) is 5.75 Å². The summed E-state index contributed by atoms with van der Waals surface area (Å²) in [5, 5.41) is 0.666. The molecule has 0 aliphatic rings. The lowest BCUT2D eigenvalue weighted by molar-refractivity contribution is 0.0773. The van der Waals surface area contributed by atoms with Crippen molar-refractivity contribution in [2.24, 2.45) is 0 Å². The van der Waals surface area contributed by atoms with Crippen LogP contribution in [0.3, 0.4) is 0 Å². The number of ether oxygens (including phenoxy) is 1. The number of carbonyl (C=O) groups is 1. The van der Waals surface area contributed by atoms with Crippen molar-refractivity contribution in [2.75, 3.05) is 20.2 Å². The Morgan fingerprint density at radius 2 is 2.05 bits per heavy atom. The average molecular weight is 280 g/mol. The molecule has 0 spiro atoms. The lowest BCUT2D eigenvalue weighted by Crippen LogP contribution is -2.30. The van der Waals surface area contributed by atoms with Crippen LogP contribution in [0.1, 0.15) is 10.4 Å². The molecule has 0 radical (unpaired) electrons. The molecule has 19 heavy (non-hydrogen) atoms. The highest BCUT2D eigenvalue weighted by Gasteiger charge is 2.12. The Hall–Kier alpha value is -1.94. The fourth-order valence-corrected chi connectivity index (χ4v) is 1.67. The molecule has 2 aromatic rings. The first-order valence-corrected chi connectivity index (χ1v) is 6.20. The molecule has 1 heterocycles. The van der Waals surface area contributed by atoms with Gasteiger partial charge in [-0.3, -0.25) is 4.79 Å². The molecular formula is C14H14ClNO3. The van der Waals surface area contributed by atoms with E-state index in [1.165, 1.54) is 12.5 Å². The van der Waals surface area contributed by atoms with Gasteiger partial charge in [-0.05, 0) is 30.3 Å². The van der Waals surface area contributed by atoms with Gasteiger partial charge < -0.3 is 14.1 Å². The molecule has 2 rings (SSSR count). The van der Waals surface area contributed by atoms with E-state index in [0.29, 0.717) is 23.7 Å². The number of hydrogen-bond acceptors (Lipinski definition) is 3. The molecule has 4 nitrogen and oxygen atoms in total. The van der Waals surface area contributed by atoms with Crippen LogP contribution >= 0.6 is 11.6 Å². The molecular weight excluding hydrogens is 266 g/mol. The van der Waals surface area contributed by atoms with Gasteiger partial charge in [0.2, 0.25) is 0 Å². The number of rotatable bonds is 5. The maximum atomic E-state index is 11.9. The quantitative estimate of drug-likeness (QED) is 0.845. The minimum Gasteiger partial charge on any atom is -0.492 e. The molecule has 1 amide bonds. The first-order chi connectivity index (χ1) is 9.16. The smallest absolute Gasteiger partial charge is 0.256 e. The van der Waals surface area contributed by atoms with Crippen LogP contribution in [0.4, 0.5) is 0 Å². The van der Waals surface area contributed by atoms with Crippen LogP contribution in [0.5, 0.6) is 5.75 Å². The van der Waals surface area contributed by atoms with Crippen molar-refractivity contribution in [1.82, 2.24) is 4.90 Å². The average Bonchev–Trinajstić information content (AvgIpc) is 2.94. The molecule has 100 valence electrons. The Bertz CT molecular complexity index is 522. The second-order valence-electron chi connectivity index (χ2n) is 4.04. The summed E-state index contributed by atoms with van der Waals surface area (Å²) in [7, 11) is 1.72. The third kappa shape index (κ3) is 3.76. The number of furan rings is 1. The van der Waals surface area contributed by atoms with Crippen molar-refractivity contribution in [3.63, 3.8) is 0 Å². The summed E-state index contributed by atoms with van der Waals surface area (Å²) in [6.07, 6.45) is 2.91. The number of benzene rings is 1. The van der Waals surface area contributed by atoms with Gasteiger partial charge in [-0.15, -0.1) is 0 Å². The predicted molar refractivity (Wildman–Crippen MR) is 72.6 cm³/mol. The van der Waals surface area contributed by atoms with Gasteiger partial charge in [-0.2, -0.15) is 0 Å². The first kappa shape index (κ1) is 13.5. The zero-order valence-corrected chi connectivity index (χ0v) is 11.3. The standard InChI is InChI=1S/C14H14ClNO3/c1-16(14(17)11-6-8-18-10-11)7-9-19-13-4-2-12(15)3-5-13/h2-6,8,10H,7,9H2,1H3. The van der Waals surface area contributed by atoms with E-state index in [-0.39, 0.29) is 5.91 Å². The van der Waals surface area contributed by atoms with E-state index in [2.05, 4.69) is 0 Å². The topological polar surface area (TPSA) is 42.7 Å². The lowest BCUT2D eigenvalue weighted by Gasteiger charge is -2.16. The van der Waals surface area contributed by atoms with Gasteiger partial charge in [0.1, 0.15) is 18.6 Å². The Labute approximate surface area is 116 Å². The zero-order chi connectivity index (χ0) is 13.7. The van der Waals surface area contributed by atoms with Gasteiger partial charge in [0.05, 0.1) is 18.4 Å². The highest BCUT2D eigenvalue weighted by atomic mass is 35.5. The second-order valence-corrected chi connectivity index (χ2v) is 4.48. The number of amides is 1. The van der Waals surface area contributed by atoms with E-state index in [1.807, 2.05) is 0 Å². The molecule has 0 aliphatic carbocycles. The van der Waals surface area contributed by atoms with Crippen molar-refractivity contribution in [1.29, 1.82) is 0 Å². The van der Waals surface area contributed by atoms with Crippen LogP contribution in [-0.4, -0.2) is 31.0 Å². The summed E-state index contributed by atoms with van der Waals surface area (Å²) < 4.78 is 10.4. The van der Waals surface area contributed by atoms with Crippen LogP contribution in [0, 0.1) is 0 Å². The molecule has 0 saturated heterocycles. The summed E-state index contributed by atoms with van der Waals surface area (Å²) in [4.78, 5) is 13.5. The number of hydrogen-bond donors (Lipinski definition) is 0. The highest BCUT2D eigenvalue weighted by Crippen LogP contribution is 2.15. The third-order valence-electron chi connectivity index (χ3n) is 2.62. The maximum Gasteiger partial charge on any atom is 0.256 e. The van der Waals surface area contributed by atoms with E-state index in [4.69, 9.17) is 20.8 Å². The molecule has 5 heteroatoms. The first-order valence-electron chi connectivity index (χ1n) is 5.83. The summed E-state index contributed by atoms with van der Waals surface area (Å²) in [5.74, 6) is 0.641. The summed E-state index contributed by atoms with van der Waals surface area (Å²) in [6.45, 7) is 0.911. The molecule has 0 atom stereocenters. The highest BCUT2D eigenvalue weighted by molar-refractivity contribution is 6.30. The Balaban J connectivity index is 1.79. The van der Waals surface area contributed by atoms with Crippen LogP contribution < -0.4 is 4.74 Å². The maximum absolute atomic E-state index is 11.9. The SMILES string of the molecule is CN(CCOc1ccc(Cl)cc1)C(=O)c1ccoc1. The van der Waals surface area contributed by atoms with Crippen molar-refractivity contribution < 1.29 is 13.9 Å². The second kappa shape index (κ2) is 6.29. The van der Waals surface area contributed by atoms with Gasteiger partial charge in [-0.25, -0.2) is 0 Å². The summed E-state index contributed by atoms with van der Waals surface area (Å²) >= 11 is 5.78. The zero-order valence-electron chi connectivity index (χ0n) is 10.5. The van der Waals surface area contributed by atoms with E-state index >= 15 is 0 Å². The van der Waals surface area contributed by atoms with E-state index < -0.39 is 0 Å². The lowest BCUT2D eigenvalue weighted by atomic mass is 10.3. The molecule has 0 saturated carbocycles. The minimum absolute atomic E-state index is 0.0894. The Morgan fingerprint density at radius 3 is 2.68 bits per heavy atom. The molecule has 0 fully saturated rings. The van der Waals surface area contributed by atoms with Gasteiger partial charge in [0, 0.05) is 12.1 Å². The normalized spacial score (nSPS) is 10.2. The van der Waals surface area contributed by atoms with Crippen LogP contribution in [0.25, 0.3) is 0 Å². The van der Waals surface area contributed by atoms with Crippen LogP contribution in [0.2, 0.25) is 5.02 Å². The fourth-order valence-electron chi connectivity index (χ4n) is 1.54. The molecule has 0 N–H and O–H groups in total. The van der Waals surface area contributed by atoms with Crippen molar-refractivity contribution in [3.05, 3.63) is 53.4 Å². The monoisotopic (exact) mass is 279 g/mol. The van der Waals surface area contributed by atoms with E-state index in [1.54, 1.807) is 42.3 Å². The van der Waals surface area contributed by atoms with Gasteiger partial charge in [-0.1, -0.05) is 11.6 Å². The van der Waals surface area contributed by atoms with Gasteiger partial charge >= 0.3 is 0 Å². The predicted octanol–water partition coefficient (Wildman–Crippen LogP) is 3.08. The summed E-state index contributed by atoms with van der Waals surface area (Å²) in [5.41, 5.74) is 0.536. The van der Waals surface area contributed by atoms with Gasteiger partial charge in [0.15, 0.2) is 0 Å². The third-order valence-corrected chi connectivity index (χ3v) is 2.88. The fraction of sp³-hybridized carbons (Fsp3) is 0.214. The van der Waals surface area contributed by atoms with Crippen molar-refractivity contribution in [2.45, 2.75) is 0 Å². The molecule has 1 aromatic heterocycles. The van der Waals surface area contributed by atoms with Gasteiger partial charge in [0.25, 0.3) is 5.91 Å². The van der Waals surface area contributed by atoms with Crippen molar-refractivity contribution >= 4 is 17.5 Å². The number of carbonyl (C=O) groups excluding carboxylic acids is 1. The minimum atomic E-state index is -0.0894. The number of likely N-dealkylation sites (N-methyl/N-ethyl adjacent to an activating group) is 1. The van der Waals surface area contributed by atoms with Crippen LogP contribution in [0.15, 0.2) is 47.3 Å². The molecule has 1 aromatic carbocycles. The summed E-state index contributed by atoms with van der Waals surface area (Å²) in [6, 6.07) is 8.74. The van der Waals surface area contributed by atoms with Crippen molar-refractivity contribution in [3.8, 4) is 5.75 Å². The number of nitrogens with zero attached hydrogens (tertiary/aromatic N) is 1. The number of halogens is 1. The molecule has 0 bridgehead atoms. The van der Waals surface area contributed by atoms with Crippen LogP contribution in [-0.2, 0) is 0 Å². The largest absolute Gasteiger partial charge is 0.492 e. The Morgan fingerprint density at radius 1 is 1.32 bits per heavy atom.